The van der Waals surface area contributed by atoms with Crippen molar-refractivity contribution in [3.05, 3.63) is 48.8 Å². The second kappa shape index (κ2) is 11.6. The summed E-state index contributed by atoms with van der Waals surface area (Å²) < 4.78 is 7.54. The Kier molecular flexibility index (Phi) is 8.64. The third kappa shape index (κ3) is 6.30. The largest absolute Gasteiger partial charge is 0.382 e. The zero-order valence-electron chi connectivity index (χ0n) is 19.0. The molecule has 1 N–H and O–H groups in total. The molecule has 2 heterocycles. The Bertz CT molecular complexity index is 991. The van der Waals surface area contributed by atoms with Gasteiger partial charge in [0.2, 0.25) is 5.91 Å². The molecule has 0 saturated heterocycles. The van der Waals surface area contributed by atoms with Crippen molar-refractivity contribution < 1.29 is 9.53 Å². The highest BCUT2D eigenvalue weighted by molar-refractivity contribution is 8.00. The number of thioether (sulfide) groups is 1. The van der Waals surface area contributed by atoms with Gasteiger partial charge in [-0.3, -0.25) is 9.78 Å². The number of nitrogens with zero attached hydrogens (tertiary/aromatic N) is 5. The van der Waals surface area contributed by atoms with E-state index in [9.17, 15) is 4.79 Å². The molecule has 0 spiro atoms. The number of rotatable bonds is 11. The Balaban J connectivity index is 1.71. The highest BCUT2D eigenvalue weighted by atomic mass is 32.2. The Hall–Kier alpha value is -2.91. The fourth-order valence-electron chi connectivity index (χ4n) is 3.06. The molecule has 0 aliphatic heterocycles. The van der Waals surface area contributed by atoms with Crippen molar-refractivity contribution in [3.8, 4) is 11.4 Å². The van der Waals surface area contributed by atoms with Crippen LogP contribution in [-0.2, 0) is 16.1 Å². The van der Waals surface area contributed by atoms with Gasteiger partial charge in [-0.15, -0.1) is 10.2 Å². The number of pyridine rings is 1. The van der Waals surface area contributed by atoms with E-state index in [4.69, 9.17) is 4.74 Å². The van der Waals surface area contributed by atoms with E-state index in [0.717, 1.165) is 29.2 Å². The number of hydrogen-bond acceptors (Lipinski definition) is 7. The summed E-state index contributed by atoms with van der Waals surface area (Å²) in [7, 11) is 3.97. The molecule has 170 valence electrons. The standard InChI is InChI=1S/C23H30N6O2S/c1-5-31-16-6-15-29-21(18-11-13-24-14-12-18)26-27-23(29)32-17(2)22(30)25-19-7-9-20(10-8-19)28(3)4/h7-14,17H,5-6,15-16H2,1-4H3,(H,25,30). The van der Waals surface area contributed by atoms with Crippen LogP contribution < -0.4 is 10.2 Å². The smallest absolute Gasteiger partial charge is 0.237 e. The molecule has 3 aromatic rings. The fraction of sp³-hybridized carbons (Fsp3) is 0.391. The summed E-state index contributed by atoms with van der Waals surface area (Å²) in [6.45, 7) is 5.91. The van der Waals surface area contributed by atoms with Crippen molar-refractivity contribution in [1.29, 1.82) is 0 Å². The molecule has 8 nitrogen and oxygen atoms in total. The monoisotopic (exact) mass is 454 g/mol. The summed E-state index contributed by atoms with van der Waals surface area (Å²) in [5, 5.41) is 12.1. The van der Waals surface area contributed by atoms with Gasteiger partial charge >= 0.3 is 0 Å². The molecular formula is C23H30N6O2S. The molecule has 1 aromatic carbocycles. The molecule has 1 unspecified atom stereocenters. The molecule has 0 radical (unpaired) electrons. The first-order valence-corrected chi connectivity index (χ1v) is 11.5. The van der Waals surface area contributed by atoms with E-state index in [0.29, 0.717) is 24.9 Å². The number of carbonyl (C=O) groups excluding carboxylic acids is 1. The van der Waals surface area contributed by atoms with Crippen molar-refractivity contribution in [2.45, 2.75) is 37.2 Å². The van der Waals surface area contributed by atoms with Gasteiger partial charge in [0.1, 0.15) is 0 Å². The van der Waals surface area contributed by atoms with Crippen LogP contribution in [0.15, 0.2) is 53.9 Å². The second-order valence-corrected chi connectivity index (χ2v) is 8.74. The predicted octanol–water partition coefficient (Wildman–Crippen LogP) is 3.95. The van der Waals surface area contributed by atoms with Crippen LogP contribution in [0.5, 0.6) is 0 Å². The number of benzene rings is 1. The minimum Gasteiger partial charge on any atom is -0.382 e. The number of carbonyl (C=O) groups is 1. The van der Waals surface area contributed by atoms with Crippen LogP contribution in [0.3, 0.4) is 0 Å². The zero-order valence-corrected chi connectivity index (χ0v) is 19.8. The van der Waals surface area contributed by atoms with Crippen molar-refractivity contribution in [3.63, 3.8) is 0 Å². The molecule has 3 rings (SSSR count). The fourth-order valence-corrected chi connectivity index (χ4v) is 3.93. The molecule has 32 heavy (non-hydrogen) atoms. The number of ether oxygens (including phenoxy) is 1. The highest BCUT2D eigenvalue weighted by Crippen LogP contribution is 2.28. The average Bonchev–Trinajstić information content (AvgIpc) is 3.19. The van der Waals surface area contributed by atoms with Crippen molar-refractivity contribution in [1.82, 2.24) is 19.7 Å². The quantitative estimate of drug-likeness (QED) is 0.347. The molecule has 0 saturated carbocycles. The molecule has 9 heteroatoms. The van der Waals surface area contributed by atoms with Crippen LogP contribution >= 0.6 is 11.8 Å². The van der Waals surface area contributed by atoms with Crippen LogP contribution in [-0.4, -0.2) is 58.2 Å². The molecule has 1 atom stereocenters. The summed E-state index contributed by atoms with van der Waals surface area (Å²) >= 11 is 1.40. The number of anilines is 2. The Morgan fingerprint density at radius 2 is 1.88 bits per heavy atom. The Morgan fingerprint density at radius 1 is 1.16 bits per heavy atom. The van der Waals surface area contributed by atoms with E-state index >= 15 is 0 Å². The number of nitrogens with one attached hydrogen (secondary N) is 1. The average molecular weight is 455 g/mol. The summed E-state index contributed by atoms with van der Waals surface area (Å²) in [5.41, 5.74) is 2.78. The maximum absolute atomic E-state index is 12.8. The van der Waals surface area contributed by atoms with Crippen LogP contribution in [0.25, 0.3) is 11.4 Å². The van der Waals surface area contributed by atoms with Gasteiger partial charge < -0.3 is 19.5 Å². The first kappa shape index (κ1) is 23.7. The number of amides is 1. The maximum Gasteiger partial charge on any atom is 0.237 e. The lowest BCUT2D eigenvalue weighted by Crippen LogP contribution is -2.23. The van der Waals surface area contributed by atoms with Gasteiger partial charge in [-0.2, -0.15) is 0 Å². The van der Waals surface area contributed by atoms with Gasteiger partial charge in [0, 0.05) is 63.2 Å². The van der Waals surface area contributed by atoms with Crippen LogP contribution in [0.2, 0.25) is 0 Å². The molecule has 2 aromatic heterocycles. The zero-order chi connectivity index (χ0) is 22.9. The van der Waals surface area contributed by atoms with Crippen LogP contribution in [0, 0.1) is 0 Å². The minimum absolute atomic E-state index is 0.0815. The van der Waals surface area contributed by atoms with Crippen molar-refractivity contribution in [2.75, 3.05) is 37.5 Å². The Labute approximate surface area is 193 Å². The second-order valence-electron chi connectivity index (χ2n) is 7.43. The first-order valence-electron chi connectivity index (χ1n) is 10.7. The molecule has 0 bridgehead atoms. The molecular weight excluding hydrogens is 424 g/mol. The van der Waals surface area contributed by atoms with Gasteiger partial charge in [0.15, 0.2) is 11.0 Å². The Morgan fingerprint density at radius 3 is 2.53 bits per heavy atom. The molecule has 0 fully saturated rings. The lowest BCUT2D eigenvalue weighted by Gasteiger charge is -2.15. The lowest BCUT2D eigenvalue weighted by molar-refractivity contribution is -0.115. The van der Waals surface area contributed by atoms with E-state index in [1.807, 2.05) is 69.2 Å². The third-order valence-electron chi connectivity index (χ3n) is 4.83. The van der Waals surface area contributed by atoms with Gasteiger partial charge in [-0.25, -0.2) is 0 Å². The first-order chi connectivity index (χ1) is 15.5. The minimum atomic E-state index is -0.344. The van der Waals surface area contributed by atoms with Gasteiger partial charge in [-0.05, 0) is 56.7 Å². The third-order valence-corrected chi connectivity index (χ3v) is 5.91. The van der Waals surface area contributed by atoms with Crippen LogP contribution in [0.1, 0.15) is 20.3 Å². The molecule has 0 aliphatic rings. The predicted molar refractivity (Wildman–Crippen MR) is 129 cm³/mol. The normalized spacial score (nSPS) is 11.9. The topological polar surface area (TPSA) is 85.2 Å². The van der Waals surface area contributed by atoms with Gasteiger partial charge in [-0.1, -0.05) is 11.8 Å². The van der Waals surface area contributed by atoms with Crippen molar-refractivity contribution >= 4 is 29.0 Å². The van der Waals surface area contributed by atoms with E-state index in [-0.39, 0.29) is 11.2 Å². The van der Waals surface area contributed by atoms with Crippen molar-refractivity contribution in [2.24, 2.45) is 0 Å². The molecule has 1 amide bonds. The SMILES string of the molecule is CCOCCCn1c(SC(C)C(=O)Nc2ccc(N(C)C)cc2)nnc1-c1ccncc1. The molecule has 0 aliphatic carbocycles. The summed E-state index contributed by atoms with van der Waals surface area (Å²) in [4.78, 5) is 18.9. The highest BCUT2D eigenvalue weighted by Gasteiger charge is 2.21. The van der Waals surface area contributed by atoms with Crippen LogP contribution in [0.4, 0.5) is 11.4 Å². The van der Waals surface area contributed by atoms with E-state index in [1.54, 1.807) is 12.4 Å². The van der Waals surface area contributed by atoms with E-state index in [1.165, 1.54) is 11.8 Å². The van der Waals surface area contributed by atoms with E-state index in [2.05, 4.69) is 25.1 Å². The van der Waals surface area contributed by atoms with Gasteiger partial charge in [0.25, 0.3) is 0 Å². The summed E-state index contributed by atoms with van der Waals surface area (Å²) in [6.07, 6.45) is 4.30. The summed E-state index contributed by atoms with van der Waals surface area (Å²) in [6, 6.07) is 11.6. The number of hydrogen-bond donors (Lipinski definition) is 1. The van der Waals surface area contributed by atoms with Gasteiger partial charge in [0.05, 0.1) is 5.25 Å². The maximum atomic E-state index is 12.8. The number of aromatic nitrogens is 4. The van der Waals surface area contributed by atoms with E-state index < -0.39 is 0 Å². The lowest BCUT2D eigenvalue weighted by atomic mass is 10.2. The summed E-state index contributed by atoms with van der Waals surface area (Å²) in [5.74, 6) is 0.681.